The third-order valence-electron chi connectivity index (χ3n) is 2.60. The topological polar surface area (TPSA) is 39.2 Å². The van der Waals surface area contributed by atoms with Crippen LogP contribution in [0.3, 0.4) is 0 Å². The van der Waals surface area contributed by atoms with Gasteiger partial charge < -0.3 is 4.74 Å². The fraction of sp³-hybridized carbons (Fsp3) is 0.231. The van der Waals surface area contributed by atoms with Gasteiger partial charge in [-0.1, -0.05) is 0 Å². The van der Waals surface area contributed by atoms with E-state index in [4.69, 9.17) is 4.74 Å². The van der Waals surface area contributed by atoms with Gasteiger partial charge in [0.1, 0.15) is 5.75 Å². The molecule has 0 radical (unpaired) electrons. The largest absolute Gasteiger partial charge is 0.495 e. The van der Waals surface area contributed by atoms with Gasteiger partial charge in [0.05, 0.1) is 18.2 Å². The molecule has 0 atom stereocenters. The van der Waals surface area contributed by atoms with Crippen LogP contribution in [0.4, 0.5) is 0 Å². The zero-order valence-corrected chi connectivity index (χ0v) is 10.8. The van der Waals surface area contributed by atoms with Crippen LogP contribution in [0.15, 0.2) is 24.5 Å². The number of carbonyl (C=O) groups is 1. The van der Waals surface area contributed by atoms with Gasteiger partial charge in [0, 0.05) is 16.6 Å². The second kappa shape index (κ2) is 4.67. The van der Waals surface area contributed by atoms with Gasteiger partial charge in [-0.15, -0.1) is 11.3 Å². The average Bonchev–Trinajstić information content (AvgIpc) is 2.69. The Labute approximate surface area is 104 Å². The van der Waals surface area contributed by atoms with Crippen molar-refractivity contribution in [3.63, 3.8) is 0 Å². The summed E-state index contributed by atoms with van der Waals surface area (Å²) >= 11 is 1.51. The first kappa shape index (κ1) is 11.8. The van der Waals surface area contributed by atoms with E-state index in [-0.39, 0.29) is 5.78 Å². The highest BCUT2D eigenvalue weighted by molar-refractivity contribution is 7.14. The molecule has 0 aliphatic heterocycles. The first-order valence-electron chi connectivity index (χ1n) is 5.22. The molecule has 0 aliphatic rings. The van der Waals surface area contributed by atoms with E-state index in [2.05, 4.69) is 4.98 Å². The molecule has 2 heterocycles. The molecule has 0 fully saturated rings. The number of ketones is 1. The summed E-state index contributed by atoms with van der Waals surface area (Å²) < 4.78 is 5.06. The molecule has 0 aliphatic carbocycles. The van der Waals surface area contributed by atoms with Gasteiger partial charge >= 0.3 is 0 Å². The fourth-order valence-corrected chi connectivity index (χ4v) is 2.48. The van der Waals surface area contributed by atoms with Crippen LogP contribution in [0.5, 0.6) is 5.75 Å². The molecule has 2 rings (SSSR count). The molecule has 3 nitrogen and oxygen atoms in total. The summed E-state index contributed by atoms with van der Waals surface area (Å²) in [4.78, 5) is 18.1. The second-order valence-corrected chi connectivity index (χ2v) is 5.05. The Morgan fingerprint density at radius 3 is 2.65 bits per heavy atom. The van der Waals surface area contributed by atoms with Gasteiger partial charge in [-0.25, -0.2) is 0 Å². The number of ether oxygens (including phenoxy) is 1. The van der Waals surface area contributed by atoms with Gasteiger partial charge in [0.2, 0.25) is 5.78 Å². The molecule has 0 N–H and O–H groups in total. The van der Waals surface area contributed by atoms with Crippen LogP contribution in [-0.2, 0) is 0 Å². The van der Waals surface area contributed by atoms with Gasteiger partial charge in [0.15, 0.2) is 0 Å². The smallest absolute Gasteiger partial charge is 0.204 e. The zero-order valence-electron chi connectivity index (χ0n) is 9.98. The number of hydrogen-bond donors (Lipinski definition) is 0. The van der Waals surface area contributed by atoms with Crippen LogP contribution < -0.4 is 4.74 Å². The summed E-state index contributed by atoms with van der Waals surface area (Å²) in [6.45, 7) is 4.02. The van der Waals surface area contributed by atoms with Crippen molar-refractivity contribution in [2.75, 3.05) is 7.11 Å². The van der Waals surface area contributed by atoms with Crippen molar-refractivity contribution < 1.29 is 9.53 Å². The van der Waals surface area contributed by atoms with Gasteiger partial charge in [-0.2, -0.15) is 0 Å². The van der Waals surface area contributed by atoms with E-state index >= 15 is 0 Å². The Kier molecular flexibility index (Phi) is 3.24. The molecule has 17 heavy (non-hydrogen) atoms. The lowest BCUT2D eigenvalue weighted by atomic mass is 10.1. The molecule has 2 aromatic heterocycles. The highest BCUT2D eigenvalue weighted by Crippen LogP contribution is 2.24. The van der Waals surface area contributed by atoms with Crippen LogP contribution in [0.2, 0.25) is 0 Å². The number of pyridine rings is 1. The minimum absolute atomic E-state index is 0.00222. The van der Waals surface area contributed by atoms with Crippen molar-refractivity contribution in [3.05, 3.63) is 45.4 Å². The highest BCUT2D eigenvalue weighted by Gasteiger charge is 2.13. The molecule has 0 saturated carbocycles. The normalized spacial score (nSPS) is 10.3. The summed E-state index contributed by atoms with van der Waals surface area (Å²) in [6.07, 6.45) is 3.15. The lowest BCUT2D eigenvalue weighted by Crippen LogP contribution is -1.99. The third-order valence-corrected chi connectivity index (χ3v) is 3.75. The summed E-state index contributed by atoms with van der Waals surface area (Å²) in [5, 5.41) is 0. The molecular formula is C13H13NO2S. The summed E-state index contributed by atoms with van der Waals surface area (Å²) in [5.74, 6) is 0.596. The Hall–Kier alpha value is -1.68. The lowest BCUT2D eigenvalue weighted by molar-refractivity contribution is 0.104. The van der Waals surface area contributed by atoms with Crippen LogP contribution in [0.1, 0.15) is 25.7 Å². The van der Waals surface area contributed by atoms with Crippen molar-refractivity contribution in [2.45, 2.75) is 13.8 Å². The van der Waals surface area contributed by atoms with Crippen LogP contribution in [0.25, 0.3) is 0 Å². The molecule has 0 bridgehead atoms. The summed E-state index contributed by atoms with van der Waals surface area (Å²) in [6, 6.07) is 3.63. The number of aromatic nitrogens is 1. The number of carbonyl (C=O) groups excluding carboxylic acids is 1. The molecule has 0 aromatic carbocycles. The Balaban J connectivity index is 2.36. The third kappa shape index (κ3) is 2.36. The van der Waals surface area contributed by atoms with Crippen molar-refractivity contribution in [1.29, 1.82) is 0 Å². The summed E-state index contributed by atoms with van der Waals surface area (Å²) in [7, 11) is 1.56. The van der Waals surface area contributed by atoms with Gasteiger partial charge in [0.25, 0.3) is 0 Å². The first-order chi connectivity index (χ1) is 8.11. The van der Waals surface area contributed by atoms with Gasteiger partial charge in [-0.05, 0) is 31.5 Å². The van der Waals surface area contributed by atoms with Crippen molar-refractivity contribution >= 4 is 17.1 Å². The van der Waals surface area contributed by atoms with E-state index in [1.807, 2.05) is 19.9 Å². The molecule has 0 saturated heterocycles. The Morgan fingerprint density at radius 1 is 1.29 bits per heavy atom. The Bertz CT molecular complexity index is 541. The minimum atomic E-state index is -0.00222. The molecular weight excluding hydrogens is 234 g/mol. The van der Waals surface area contributed by atoms with Crippen molar-refractivity contribution in [1.82, 2.24) is 4.98 Å². The zero-order chi connectivity index (χ0) is 12.4. The SMILES string of the molecule is COc1cncc(C(=O)c2cc(C)c(C)s2)c1. The number of rotatable bonds is 3. The van der Waals surface area contributed by atoms with E-state index < -0.39 is 0 Å². The van der Waals surface area contributed by atoms with Crippen molar-refractivity contribution in [3.8, 4) is 5.75 Å². The quantitative estimate of drug-likeness (QED) is 0.783. The molecule has 4 heteroatoms. The molecule has 0 unspecified atom stereocenters. The van der Waals surface area contributed by atoms with E-state index in [1.165, 1.54) is 16.2 Å². The standard InChI is InChI=1S/C13H13NO2S/c1-8-4-12(17-9(8)2)13(15)10-5-11(16-3)7-14-6-10/h4-7H,1-3H3. The predicted octanol–water partition coefficient (Wildman–Crippen LogP) is 3.00. The van der Waals surface area contributed by atoms with Crippen LogP contribution in [0, 0.1) is 13.8 Å². The molecule has 88 valence electrons. The van der Waals surface area contributed by atoms with Crippen molar-refractivity contribution in [2.24, 2.45) is 0 Å². The van der Waals surface area contributed by atoms with E-state index in [9.17, 15) is 4.79 Å². The van der Waals surface area contributed by atoms with E-state index in [1.54, 1.807) is 25.6 Å². The van der Waals surface area contributed by atoms with Crippen LogP contribution in [-0.4, -0.2) is 17.9 Å². The molecule has 0 amide bonds. The number of hydrogen-bond acceptors (Lipinski definition) is 4. The fourth-order valence-electron chi connectivity index (χ4n) is 1.48. The molecule has 0 spiro atoms. The number of aryl methyl sites for hydroxylation is 2. The monoisotopic (exact) mass is 247 g/mol. The minimum Gasteiger partial charge on any atom is -0.495 e. The average molecular weight is 247 g/mol. The Morgan fingerprint density at radius 2 is 2.06 bits per heavy atom. The maximum absolute atomic E-state index is 12.2. The molecule has 2 aromatic rings. The van der Waals surface area contributed by atoms with E-state index in [0.717, 1.165) is 10.4 Å². The van der Waals surface area contributed by atoms with Crippen LogP contribution >= 0.6 is 11.3 Å². The predicted molar refractivity (Wildman–Crippen MR) is 68.0 cm³/mol. The lowest BCUT2D eigenvalue weighted by Gasteiger charge is -2.01. The number of methoxy groups -OCH3 is 1. The van der Waals surface area contributed by atoms with E-state index in [0.29, 0.717) is 11.3 Å². The summed E-state index contributed by atoms with van der Waals surface area (Å²) in [5.41, 5.74) is 1.71. The second-order valence-electron chi connectivity index (χ2n) is 3.79. The maximum Gasteiger partial charge on any atom is 0.204 e. The van der Waals surface area contributed by atoms with Gasteiger partial charge in [-0.3, -0.25) is 9.78 Å². The highest BCUT2D eigenvalue weighted by atomic mass is 32.1. The number of thiophene rings is 1. The maximum atomic E-state index is 12.2. The number of nitrogens with zero attached hydrogens (tertiary/aromatic N) is 1. The first-order valence-corrected chi connectivity index (χ1v) is 6.04.